The zero-order valence-electron chi connectivity index (χ0n) is 9.94. The second-order valence-electron chi connectivity index (χ2n) is 3.51. The largest absolute Gasteiger partial charge is 0.338 e. The van der Waals surface area contributed by atoms with E-state index in [1.165, 1.54) is 5.56 Å². The van der Waals surface area contributed by atoms with E-state index < -0.39 is 0 Å². The van der Waals surface area contributed by atoms with Gasteiger partial charge >= 0.3 is 6.03 Å². The molecule has 0 saturated carbocycles. The number of aromatic nitrogens is 1. The van der Waals surface area contributed by atoms with Crippen LogP contribution in [0.15, 0.2) is 24.5 Å². The van der Waals surface area contributed by atoms with Crippen LogP contribution in [0.4, 0.5) is 4.79 Å². The van der Waals surface area contributed by atoms with Crippen LogP contribution in [-0.2, 0) is 6.42 Å². The highest BCUT2D eigenvalue weighted by atomic mass is 16.2. The fourth-order valence-electron chi connectivity index (χ4n) is 1.49. The van der Waals surface area contributed by atoms with Gasteiger partial charge in [-0.1, -0.05) is 0 Å². The fourth-order valence-corrected chi connectivity index (χ4v) is 1.49. The maximum Gasteiger partial charge on any atom is 0.317 e. The van der Waals surface area contributed by atoms with E-state index in [0.717, 1.165) is 19.5 Å². The third-order valence-electron chi connectivity index (χ3n) is 2.49. The Bertz CT molecular complexity index is 309. The highest BCUT2D eigenvalue weighted by Crippen LogP contribution is 1.96. The number of rotatable bonds is 5. The number of carbonyl (C=O) groups excluding carboxylic acids is 1. The summed E-state index contributed by atoms with van der Waals surface area (Å²) in [7, 11) is 0. The lowest BCUT2D eigenvalue weighted by Crippen LogP contribution is -2.40. The quantitative estimate of drug-likeness (QED) is 0.822. The predicted octanol–water partition coefficient (Wildman–Crippen LogP) is 1.68. The number of urea groups is 1. The number of carbonyl (C=O) groups is 1. The predicted molar refractivity (Wildman–Crippen MR) is 64.3 cm³/mol. The van der Waals surface area contributed by atoms with Crippen LogP contribution < -0.4 is 5.32 Å². The van der Waals surface area contributed by atoms with E-state index in [-0.39, 0.29) is 6.03 Å². The first-order chi connectivity index (χ1) is 7.77. The summed E-state index contributed by atoms with van der Waals surface area (Å²) in [4.78, 5) is 17.3. The van der Waals surface area contributed by atoms with E-state index in [0.29, 0.717) is 6.54 Å². The molecule has 0 aliphatic heterocycles. The van der Waals surface area contributed by atoms with Gasteiger partial charge in [0.1, 0.15) is 0 Å². The standard InChI is InChI=1S/C12H19N3O/c1-3-15(4-2)12(16)14-10-7-11-5-8-13-9-6-11/h5-6,8-9H,3-4,7,10H2,1-2H3,(H,14,16). The van der Waals surface area contributed by atoms with Crippen molar-refractivity contribution in [2.45, 2.75) is 20.3 Å². The maximum atomic E-state index is 11.6. The minimum Gasteiger partial charge on any atom is -0.338 e. The lowest BCUT2D eigenvalue weighted by molar-refractivity contribution is 0.203. The molecule has 1 rings (SSSR count). The van der Waals surface area contributed by atoms with Gasteiger partial charge in [0.2, 0.25) is 0 Å². The van der Waals surface area contributed by atoms with Crippen molar-refractivity contribution in [3.05, 3.63) is 30.1 Å². The summed E-state index contributed by atoms with van der Waals surface area (Å²) in [5.41, 5.74) is 1.19. The Morgan fingerprint density at radius 3 is 2.50 bits per heavy atom. The molecule has 2 amide bonds. The Kier molecular flexibility index (Phi) is 5.32. The van der Waals surface area contributed by atoms with E-state index in [1.807, 2.05) is 26.0 Å². The number of hydrogen-bond acceptors (Lipinski definition) is 2. The summed E-state index contributed by atoms with van der Waals surface area (Å²) in [5.74, 6) is 0. The number of nitrogens with zero attached hydrogens (tertiary/aromatic N) is 2. The van der Waals surface area contributed by atoms with Crippen LogP contribution in [0.5, 0.6) is 0 Å². The lowest BCUT2D eigenvalue weighted by Gasteiger charge is -2.19. The van der Waals surface area contributed by atoms with Crippen molar-refractivity contribution in [3.8, 4) is 0 Å². The topological polar surface area (TPSA) is 45.2 Å². The van der Waals surface area contributed by atoms with Gasteiger partial charge in [-0.3, -0.25) is 4.98 Å². The van der Waals surface area contributed by atoms with Gasteiger partial charge in [0.25, 0.3) is 0 Å². The van der Waals surface area contributed by atoms with Crippen molar-refractivity contribution in [3.63, 3.8) is 0 Å². The smallest absolute Gasteiger partial charge is 0.317 e. The number of pyridine rings is 1. The van der Waals surface area contributed by atoms with Gasteiger partial charge in [-0.05, 0) is 38.0 Å². The Balaban J connectivity index is 2.28. The molecule has 0 bridgehead atoms. The van der Waals surface area contributed by atoms with Crippen molar-refractivity contribution in [2.24, 2.45) is 0 Å². The summed E-state index contributed by atoms with van der Waals surface area (Å²) in [6.07, 6.45) is 4.37. The summed E-state index contributed by atoms with van der Waals surface area (Å²) in [6, 6.07) is 3.94. The summed E-state index contributed by atoms with van der Waals surface area (Å²) in [6.45, 7) is 6.12. The van der Waals surface area contributed by atoms with Crippen molar-refractivity contribution in [1.82, 2.24) is 15.2 Å². The van der Waals surface area contributed by atoms with Crippen LogP contribution in [0.2, 0.25) is 0 Å². The molecule has 1 N–H and O–H groups in total. The second kappa shape index (κ2) is 6.82. The lowest BCUT2D eigenvalue weighted by atomic mass is 10.2. The molecule has 0 aliphatic rings. The molecule has 0 aromatic carbocycles. The molecule has 16 heavy (non-hydrogen) atoms. The molecule has 0 fully saturated rings. The molecule has 1 heterocycles. The molecular weight excluding hydrogens is 202 g/mol. The zero-order chi connectivity index (χ0) is 11.8. The molecule has 0 atom stereocenters. The number of nitrogens with one attached hydrogen (secondary N) is 1. The Morgan fingerprint density at radius 2 is 1.94 bits per heavy atom. The molecule has 0 unspecified atom stereocenters. The highest BCUT2D eigenvalue weighted by molar-refractivity contribution is 5.74. The van der Waals surface area contributed by atoms with Crippen LogP contribution in [0, 0.1) is 0 Å². The first-order valence-corrected chi connectivity index (χ1v) is 5.69. The van der Waals surface area contributed by atoms with Crippen LogP contribution in [0.25, 0.3) is 0 Å². The first kappa shape index (κ1) is 12.5. The number of hydrogen-bond donors (Lipinski definition) is 1. The monoisotopic (exact) mass is 221 g/mol. The third-order valence-corrected chi connectivity index (χ3v) is 2.49. The second-order valence-corrected chi connectivity index (χ2v) is 3.51. The van der Waals surface area contributed by atoms with Crippen LogP contribution in [-0.4, -0.2) is 35.5 Å². The van der Waals surface area contributed by atoms with E-state index in [9.17, 15) is 4.79 Å². The molecule has 0 aliphatic carbocycles. The molecule has 0 radical (unpaired) electrons. The van der Waals surface area contributed by atoms with E-state index in [2.05, 4.69) is 10.3 Å². The zero-order valence-corrected chi connectivity index (χ0v) is 9.94. The average molecular weight is 221 g/mol. The average Bonchev–Trinajstić information content (AvgIpc) is 2.32. The molecule has 0 spiro atoms. The third kappa shape index (κ3) is 3.88. The van der Waals surface area contributed by atoms with Gasteiger partial charge in [0.15, 0.2) is 0 Å². The van der Waals surface area contributed by atoms with E-state index in [1.54, 1.807) is 17.3 Å². The molecule has 88 valence electrons. The maximum absolute atomic E-state index is 11.6. The van der Waals surface area contributed by atoms with Crippen molar-refractivity contribution < 1.29 is 4.79 Å². The Hall–Kier alpha value is -1.58. The van der Waals surface area contributed by atoms with Gasteiger partial charge in [0, 0.05) is 32.0 Å². The summed E-state index contributed by atoms with van der Waals surface area (Å²) >= 11 is 0. The van der Waals surface area contributed by atoms with E-state index >= 15 is 0 Å². The van der Waals surface area contributed by atoms with Crippen LogP contribution >= 0.6 is 0 Å². The number of amides is 2. The summed E-state index contributed by atoms with van der Waals surface area (Å²) < 4.78 is 0. The molecular formula is C12H19N3O. The molecule has 1 aromatic heterocycles. The van der Waals surface area contributed by atoms with Gasteiger partial charge in [-0.2, -0.15) is 0 Å². The Morgan fingerprint density at radius 1 is 1.31 bits per heavy atom. The first-order valence-electron chi connectivity index (χ1n) is 5.69. The van der Waals surface area contributed by atoms with Gasteiger partial charge in [-0.25, -0.2) is 4.79 Å². The molecule has 4 nitrogen and oxygen atoms in total. The SMILES string of the molecule is CCN(CC)C(=O)NCCc1ccncc1. The Labute approximate surface area is 96.7 Å². The van der Waals surface area contributed by atoms with E-state index in [4.69, 9.17) is 0 Å². The molecule has 0 saturated heterocycles. The van der Waals surface area contributed by atoms with Gasteiger partial charge in [-0.15, -0.1) is 0 Å². The van der Waals surface area contributed by atoms with Crippen LogP contribution in [0.1, 0.15) is 19.4 Å². The van der Waals surface area contributed by atoms with Crippen molar-refractivity contribution >= 4 is 6.03 Å². The highest BCUT2D eigenvalue weighted by Gasteiger charge is 2.07. The minimum atomic E-state index is 0.0130. The van der Waals surface area contributed by atoms with Crippen LogP contribution in [0.3, 0.4) is 0 Å². The molecule has 1 aromatic rings. The minimum absolute atomic E-state index is 0.0130. The fraction of sp³-hybridized carbons (Fsp3) is 0.500. The van der Waals surface area contributed by atoms with Crippen molar-refractivity contribution in [2.75, 3.05) is 19.6 Å². The molecule has 4 heteroatoms. The van der Waals surface area contributed by atoms with Crippen molar-refractivity contribution in [1.29, 1.82) is 0 Å². The normalized spacial score (nSPS) is 9.88. The van der Waals surface area contributed by atoms with Gasteiger partial charge < -0.3 is 10.2 Å². The van der Waals surface area contributed by atoms with Gasteiger partial charge in [0.05, 0.1) is 0 Å². The summed E-state index contributed by atoms with van der Waals surface area (Å²) in [5, 5.41) is 2.90.